The topological polar surface area (TPSA) is 3.24 Å². The summed E-state index contributed by atoms with van der Waals surface area (Å²) in [6.07, 6.45) is 0. The maximum Gasteiger partial charge on any atom is 0.0714 e. The Labute approximate surface area is 484 Å². The number of benzene rings is 11. The number of nitrogens with zero attached hydrogens (tertiary/aromatic N) is 1. The maximum absolute atomic E-state index is 10.7. The molecule has 11 aromatic carbocycles. The van der Waals surface area contributed by atoms with Gasteiger partial charge in [0.05, 0.1) is 68.7 Å². The van der Waals surface area contributed by atoms with Crippen molar-refractivity contribution in [3.8, 4) is 55.6 Å². The van der Waals surface area contributed by atoms with Crippen LogP contribution >= 0.6 is 11.3 Å². The van der Waals surface area contributed by atoms with Gasteiger partial charge in [0.2, 0.25) is 0 Å². The fourth-order valence-corrected chi connectivity index (χ4v) is 10.7. The lowest BCUT2D eigenvalue weighted by atomic mass is 9.67. The second-order valence-electron chi connectivity index (χ2n) is 16.7. The Morgan fingerprint density at radius 3 is 1.68 bits per heavy atom. The molecule has 0 spiro atoms. The van der Waals surface area contributed by atoms with E-state index in [9.17, 15) is 38.4 Å². The van der Waals surface area contributed by atoms with Gasteiger partial charge in [0.15, 0.2) is 0 Å². The smallest absolute Gasteiger partial charge is 0.0714 e. The van der Waals surface area contributed by atoms with Crippen LogP contribution in [0.15, 0.2) is 260 Å². The number of hydrogen-bond donors (Lipinski definition) is 0. The summed E-state index contributed by atoms with van der Waals surface area (Å²) in [7, 11) is 0. The summed E-state index contributed by atoms with van der Waals surface area (Å²) in [5, 5.41) is -1.50. The molecule has 14 rings (SSSR count). The van der Waals surface area contributed by atoms with E-state index in [0.29, 0.717) is 22.3 Å². The van der Waals surface area contributed by atoms with Crippen LogP contribution in [0.5, 0.6) is 0 Å². The molecule has 0 saturated heterocycles. The highest BCUT2D eigenvalue weighted by Crippen LogP contribution is 2.60. The Balaban J connectivity index is 1.28. The monoisotopic (exact) mass is 978 g/mol. The normalized spacial score (nSPS) is 21.8. The zero-order chi connectivity index (χ0) is 84.5. The third-order valence-electron chi connectivity index (χ3n) is 12.7. The van der Waals surface area contributed by atoms with Gasteiger partial charge in [0.25, 0.3) is 0 Å². The summed E-state index contributed by atoms with van der Waals surface area (Å²) < 4.78 is 398. The van der Waals surface area contributed by atoms with Gasteiger partial charge in [-0.25, -0.2) is 0 Å². The van der Waals surface area contributed by atoms with Crippen molar-refractivity contribution in [3.63, 3.8) is 0 Å². The zero-order valence-corrected chi connectivity index (χ0v) is 37.7. The molecule has 0 amide bonds. The minimum atomic E-state index is -3.61. The average Bonchev–Trinajstić information content (AvgIpc) is 1.49. The van der Waals surface area contributed by atoms with Crippen LogP contribution < -0.4 is 4.90 Å². The highest BCUT2D eigenvalue weighted by atomic mass is 32.1. The predicted molar refractivity (Wildman–Crippen MR) is 305 cm³/mol. The van der Waals surface area contributed by atoms with Crippen LogP contribution in [0, 0.1) is 0 Å². The lowest BCUT2D eigenvalue weighted by Crippen LogP contribution is -2.28. The molecule has 1 heterocycles. The first-order valence-corrected chi connectivity index (χ1v) is 22.5. The quantitative estimate of drug-likeness (QED) is 0.147. The fourth-order valence-electron chi connectivity index (χ4n) is 9.71. The van der Waals surface area contributed by atoms with Gasteiger partial charge in [-0.2, -0.15) is 0 Å². The zero-order valence-electron chi connectivity index (χ0n) is 78.9. The summed E-state index contributed by atoms with van der Waals surface area (Å²) in [6.45, 7) is 2.80. The molecule has 0 unspecified atom stereocenters. The van der Waals surface area contributed by atoms with E-state index in [0.717, 1.165) is 0 Å². The van der Waals surface area contributed by atoms with Crippen LogP contribution in [0.1, 0.15) is 105 Å². The van der Waals surface area contributed by atoms with Crippen LogP contribution in [0.2, 0.25) is 0 Å². The summed E-state index contributed by atoms with van der Waals surface area (Å²) in [6, 6.07) is -47.0. The molecule has 0 aliphatic heterocycles. The van der Waals surface area contributed by atoms with E-state index in [1.807, 2.05) is 0 Å². The van der Waals surface area contributed by atoms with Crippen molar-refractivity contribution in [3.05, 3.63) is 293 Å². The van der Waals surface area contributed by atoms with E-state index in [4.69, 9.17) is 19.2 Å². The summed E-state index contributed by atoms with van der Waals surface area (Å²) in [5.74, 6) is 0. The Bertz CT molecular complexity index is 6400. The minimum absolute atomic E-state index is 0.190. The first-order valence-electron chi connectivity index (χ1n) is 42.7. The molecule has 2 heteroatoms. The first-order chi connectivity index (χ1) is 52.9. The lowest BCUT2D eigenvalue weighted by molar-refractivity contribution is 0.662. The molecule has 2 aliphatic rings. The number of rotatable bonds is 8. The molecule has 0 N–H and O–H groups in total. The number of anilines is 3. The molecule has 0 fully saturated rings. The number of fused-ring (bicyclic) bond motifs is 9. The lowest BCUT2D eigenvalue weighted by Gasteiger charge is -2.35. The van der Waals surface area contributed by atoms with Gasteiger partial charge in [-0.15, -0.1) is 11.3 Å². The van der Waals surface area contributed by atoms with E-state index in [2.05, 4.69) is 0 Å². The first kappa shape index (κ1) is 17.6. The molecule has 0 atom stereocenters. The van der Waals surface area contributed by atoms with Gasteiger partial charge in [0, 0.05) is 37.0 Å². The van der Waals surface area contributed by atoms with Gasteiger partial charge < -0.3 is 4.90 Å². The molecule has 2 aliphatic carbocycles. The fraction of sp³-hybridized carbons (Fsp3) is 0.0571. The van der Waals surface area contributed by atoms with Crippen molar-refractivity contribution in [1.29, 1.82) is 0 Å². The third kappa shape index (κ3) is 6.32. The summed E-state index contributed by atoms with van der Waals surface area (Å²) in [4.78, 5) is 0.432. The van der Waals surface area contributed by atoms with Crippen molar-refractivity contribution in [2.75, 3.05) is 4.90 Å². The molecule has 1 aromatic heterocycles. The van der Waals surface area contributed by atoms with Crippen molar-refractivity contribution in [2.24, 2.45) is 0 Å². The van der Waals surface area contributed by atoms with Crippen molar-refractivity contribution >= 4 is 48.6 Å². The molecular weight excluding hydrogens is 887 g/mol. The van der Waals surface area contributed by atoms with E-state index in [-0.39, 0.29) is 16.7 Å². The van der Waals surface area contributed by atoms with Crippen LogP contribution in [-0.4, -0.2) is 0 Å². The Hall–Kier alpha value is -8.56. The molecule has 340 valence electrons. The van der Waals surface area contributed by atoms with E-state index in [1.165, 1.54) is 13.8 Å². The Morgan fingerprint density at radius 1 is 0.389 bits per heavy atom. The standard InChI is InChI=1S/C70H49NS/c1-69(2)60-32-16-15-28-56(60)57-31-17-30-55(68(57)69)48-36-39-52(40-37-48)71(63-34-19-35-65-67(63)59-44-49(38-43-64(59)72-65)46-20-7-3-8-21-46)53-41-42-58-62(45-53)70(50-24-11-5-12-25-50,51-26-13-6-14-27-51)61-33-18-29-54(66(58)61)47-22-9-4-10-23-47/h3-45H,1-2H3/i3D,4D,5D,6D,7D,8D,9D,10D,11D,12D,13D,14D,15D,16D,17D,18D,19D,20D,21D,22D,23D,24D,25D,26D,27D,28D,29D,30D,31D,32D,33D,34D,35D,36D,37D,38D,39D,40D,41D,42D,43D,44D. The highest BCUT2D eigenvalue weighted by molar-refractivity contribution is 7.26. The van der Waals surface area contributed by atoms with E-state index >= 15 is 0 Å². The average molecular weight is 978 g/mol. The summed E-state index contributed by atoms with van der Waals surface area (Å²) >= 11 is 0.364. The number of hydrogen-bond acceptors (Lipinski definition) is 2. The van der Waals surface area contributed by atoms with E-state index in [1.54, 1.807) is 0 Å². The molecule has 72 heavy (non-hydrogen) atoms. The molecular formula is C70H49NS. The minimum Gasteiger partial charge on any atom is -0.310 e. The molecule has 0 bridgehead atoms. The van der Waals surface area contributed by atoms with Crippen molar-refractivity contribution in [2.45, 2.75) is 24.7 Å². The summed E-state index contributed by atoms with van der Waals surface area (Å²) in [5.41, 5.74) is -22.3. The van der Waals surface area contributed by atoms with Crippen LogP contribution in [0.25, 0.3) is 75.8 Å². The number of thiophene rings is 1. The molecule has 0 saturated carbocycles. The van der Waals surface area contributed by atoms with Crippen LogP contribution in [0.3, 0.4) is 0 Å². The molecule has 0 radical (unpaired) electrons. The third-order valence-corrected chi connectivity index (χ3v) is 13.7. The largest absolute Gasteiger partial charge is 0.310 e. The van der Waals surface area contributed by atoms with Gasteiger partial charge in [-0.3, -0.25) is 0 Å². The maximum atomic E-state index is 10.7. The highest BCUT2D eigenvalue weighted by Gasteiger charge is 2.47. The van der Waals surface area contributed by atoms with Gasteiger partial charge in [-0.1, -0.05) is 225 Å². The van der Waals surface area contributed by atoms with Gasteiger partial charge >= 0.3 is 0 Å². The predicted octanol–water partition coefficient (Wildman–Crippen LogP) is 19.2. The van der Waals surface area contributed by atoms with Crippen LogP contribution in [-0.2, 0) is 10.8 Å². The van der Waals surface area contributed by atoms with Gasteiger partial charge in [-0.05, 0) is 137 Å². The van der Waals surface area contributed by atoms with Crippen molar-refractivity contribution < 1.29 is 57.6 Å². The SMILES string of the molecule is [2H]c1c(N(c2c([2H])c([2H])c(-c3c([2H])c([2H])c([2H])c4c3C(C)(C)c3c([2H])c([2H])c([2H])c([2H])c3-4)c([2H])c2[2H])c2c([2H])c([2H])c([2H])c3sc4c([2H])c([2H])c(-c5c([2H])c([2H])c([2H])c([2H])c5[2H])c([2H])c4c23)cc2c(c1[2H])-c1c(-c3c([2H])c([2H])c([2H])c([2H])c3[2H])c([2H])c([2H])c([2H])c1C2(c1c([2H])c([2H])c([2H])c([2H])c1[2H])c1c([2H])c([2H])c([2H])c([2H])c1[2H]. The van der Waals surface area contributed by atoms with Gasteiger partial charge in [0.1, 0.15) is 0 Å². The molecule has 12 aromatic rings. The second-order valence-corrected chi connectivity index (χ2v) is 17.8. The van der Waals surface area contributed by atoms with Crippen molar-refractivity contribution in [1.82, 2.24) is 0 Å². The second kappa shape index (κ2) is 16.5. The van der Waals surface area contributed by atoms with E-state index < -0.39 is 374 Å². The van der Waals surface area contributed by atoms with Crippen LogP contribution in [0.4, 0.5) is 17.1 Å². The Morgan fingerprint density at radius 2 is 0.944 bits per heavy atom. The Kier molecular flexibility index (Phi) is 4.05. The molecule has 1 nitrogen and oxygen atoms in total.